The molecule has 2 heteroatoms. The molecule has 3 atom stereocenters. The van der Waals surface area contributed by atoms with Crippen molar-refractivity contribution >= 4 is 0 Å². The lowest BCUT2D eigenvalue weighted by Gasteiger charge is -2.36. The minimum atomic E-state index is 0.792. The van der Waals surface area contributed by atoms with Crippen LogP contribution in [0, 0.1) is 11.8 Å². The van der Waals surface area contributed by atoms with Crippen LogP contribution in [0.25, 0.3) is 0 Å². The van der Waals surface area contributed by atoms with Crippen LogP contribution < -0.4 is 5.32 Å². The standard InChI is InChI=1S/C14H27NO/c1-2-8-15-14-7-3-5-12(10-14)13-6-4-9-16-11-13/h12-15H,2-11H2,1H3. The van der Waals surface area contributed by atoms with Crippen LogP contribution in [0.4, 0.5) is 0 Å². The summed E-state index contributed by atoms with van der Waals surface area (Å²) in [6.45, 7) is 5.48. The molecule has 0 aromatic heterocycles. The van der Waals surface area contributed by atoms with Crippen LogP contribution in [0.15, 0.2) is 0 Å². The molecule has 1 saturated carbocycles. The SMILES string of the molecule is CCCNC1CCCC(C2CCCOC2)C1. The Morgan fingerprint density at radius 1 is 1.12 bits per heavy atom. The first-order valence-electron chi connectivity index (χ1n) is 7.21. The normalized spacial score (nSPS) is 36.2. The highest BCUT2D eigenvalue weighted by Gasteiger charge is 2.29. The molecule has 1 aliphatic heterocycles. The molecule has 0 spiro atoms. The predicted molar refractivity (Wildman–Crippen MR) is 67.6 cm³/mol. The second kappa shape index (κ2) is 6.61. The fourth-order valence-electron chi connectivity index (χ4n) is 3.33. The molecule has 2 nitrogen and oxygen atoms in total. The van der Waals surface area contributed by atoms with Gasteiger partial charge < -0.3 is 10.1 Å². The van der Waals surface area contributed by atoms with Gasteiger partial charge >= 0.3 is 0 Å². The summed E-state index contributed by atoms with van der Waals surface area (Å²) in [4.78, 5) is 0. The van der Waals surface area contributed by atoms with E-state index in [2.05, 4.69) is 12.2 Å². The summed E-state index contributed by atoms with van der Waals surface area (Å²) in [6, 6.07) is 0.792. The smallest absolute Gasteiger partial charge is 0.0496 e. The van der Waals surface area contributed by atoms with Crippen molar-refractivity contribution in [1.82, 2.24) is 5.32 Å². The molecule has 1 saturated heterocycles. The highest BCUT2D eigenvalue weighted by atomic mass is 16.5. The number of rotatable bonds is 4. The summed E-state index contributed by atoms with van der Waals surface area (Å²) in [5.41, 5.74) is 0. The molecule has 0 bridgehead atoms. The summed E-state index contributed by atoms with van der Waals surface area (Å²) >= 11 is 0. The van der Waals surface area contributed by atoms with Crippen LogP contribution >= 0.6 is 0 Å². The average molecular weight is 225 g/mol. The second-order valence-corrected chi connectivity index (χ2v) is 5.55. The van der Waals surface area contributed by atoms with Crippen molar-refractivity contribution in [3.63, 3.8) is 0 Å². The molecule has 3 unspecified atom stereocenters. The Morgan fingerprint density at radius 2 is 2.00 bits per heavy atom. The van der Waals surface area contributed by atoms with Gasteiger partial charge in [-0.15, -0.1) is 0 Å². The van der Waals surface area contributed by atoms with Gasteiger partial charge in [-0.1, -0.05) is 13.3 Å². The summed E-state index contributed by atoms with van der Waals surface area (Å²) in [5.74, 6) is 1.79. The van der Waals surface area contributed by atoms with Gasteiger partial charge in [0.25, 0.3) is 0 Å². The molecule has 0 radical (unpaired) electrons. The first-order valence-corrected chi connectivity index (χ1v) is 7.21. The molecule has 2 fully saturated rings. The van der Waals surface area contributed by atoms with Crippen molar-refractivity contribution in [3.8, 4) is 0 Å². The Labute approximate surface area is 100 Å². The van der Waals surface area contributed by atoms with E-state index in [-0.39, 0.29) is 0 Å². The first-order chi connectivity index (χ1) is 7.90. The molecular formula is C14H27NO. The maximum Gasteiger partial charge on any atom is 0.0496 e. The van der Waals surface area contributed by atoms with E-state index in [0.717, 1.165) is 31.1 Å². The third-order valence-electron chi connectivity index (χ3n) is 4.26. The maximum absolute atomic E-state index is 5.63. The fourth-order valence-corrected chi connectivity index (χ4v) is 3.33. The summed E-state index contributed by atoms with van der Waals surface area (Å²) in [7, 11) is 0. The lowest BCUT2D eigenvalue weighted by Crippen LogP contribution is -2.38. The molecule has 2 aliphatic rings. The Kier molecular flexibility index (Phi) is 5.11. The minimum absolute atomic E-state index is 0.792. The number of nitrogens with one attached hydrogen (secondary N) is 1. The third kappa shape index (κ3) is 3.46. The van der Waals surface area contributed by atoms with E-state index in [1.807, 2.05) is 0 Å². The molecule has 1 aliphatic carbocycles. The number of hydrogen-bond donors (Lipinski definition) is 1. The van der Waals surface area contributed by atoms with Crippen LogP contribution in [0.3, 0.4) is 0 Å². The molecule has 1 N–H and O–H groups in total. The van der Waals surface area contributed by atoms with Gasteiger partial charge in [0.05, 0.1) is 0 Å². The summed E-state index contributed by atoms with van der Waals surface area (Å²) in [6.07, 6.45) is 9.60. The maximum atomic E-state index is 5.63. The van der Waals surface area contributed by atoms with Gasteiger partial charge in [0.2, 0.25) is 0 Å². The minimum Gasteiger partial charge on any atom is -0.381 e. The lowest BCUT2D eigenvalue weighted by molar-refractivity contribution is 0.0190. The van der Waals surface area contributed by atoms with Crippen LogP contribution in [0.2, 0.25) is 0 Å². The van der Waals surface area contributed by atoms with Gasteiger partial charge in [-0.25, -0.2) is 0 Å². The predicted octanol–water partition coefficient (Wildman–Crippen LogP) is 2.97. The van der Waals surface area contributed by atoms with Crippen molar-refractivity contribution in [2.24, 2.45) is 11.8 Å². The monoisotopic (exact) mass is 225 g/mol. The van der Waals surface area contributed by atoms with Gasteiger partial charge in [-0.05, 0) is 56.9 Å². The van der Waals surface area contributed by atoms with Crippen molar-refractivity contribution in [2.75, 3.05) is 19.8 Å². The number of hydrogen-bond acceptors (Lipinski definition) is 2. The lowest BCUT2D eigenvalue weighted by atomic mass is 9.76. The molecule has 2 rings (SSSR count). The Morgan fingerprint density at radius 3 is 2.75 bits per heavy atom. The van der Waals surface area contributed by atoms with E-state index < -0.39 is 0 Å². The first kappa shape index (κ1) is 12.4. The van der Waals surface area contributed by atoms with Crippen molar-refractivity contribution in [1.29, 1.82) is 0 Å². The Bertz CT molecular complexity index is 189. The van der Waals surface area contributed by atoms with Crippen LogP contribution in [0.1, 0.15) is 51.9 Å². The average Bonchev–Trinajstić information content (AvgIpc) is 2.38. The molecular weight excluding hydrogens is 198 g/mol. The fraction of sp³-hybridized carbons (Fsp3) is 1.00. The van der Waals surface area contributed by atoms with Crippen LogP contribution in [-0.2, 0) is 4.74 Å². The molecule has 94 valence electrons. The quantitative estimate of drug-likeness (QED) is 0.794. The topological polar surface area (TPSA) is 21.3 Å². The van der Waals surface area contributed by atoms with Gasteiger partial charge in [-0.3, -0.25) is 0 Å². The van der Waals surface area contributed by atoms with Crippen molar-refractivity contribution < 1.29 is 4.74 Å². The van der Waals surface area contributed by atoms with E-state index in [4.69, 9.17) is 4.74 Å². The van der Waals surface area contributed by atoms with Gasteiger partial charge in [0.15, 0.2) is 0 Å². The van der Waals surface area contributed by atoms with E-state index in [9.17, 15) is 0 Å². The van der Waals surface area contributed by atoms with Crippen molar-refractivity contribution in [3.05, 3.63) is 0 Å². The van der Waals surface area contributed by atoms with Crippen molar-refractivity contribution in [2.45, 2.75) is 57.9 Å². The summed E-state index contributed by atoms with van der Waals surface area (Å²) in [5, 5.41) is 3.70. The third-order valence-corrected chi connectivity index (χ3v) is 4.26. The van der Waals surface area contributed by atoms with Gasteiger partial charge in [0.1, 0.15) is 0 Å². The number of ether oxygens (including phenoxy) is 1. The van der Waals surface area contributed by atoms with Gasteiger partial charge in [0, 0.05) is 19.3 Å². The molecule has 0 aromatic carbocycles. The van der Waals surface area contributed by atoms with E-state index in [1.165, 1.54) is 51.5 Å². The van der Waals surface area contributed by atoms with Gasteiger partial charge in [-0.2, -0.15) is 0 Å². The van der Waals surface area contributed by atoms with Crippen LogP contribution in [0.5, 0.6) is 0 Å². The second-order valence-electron chi connectivity index (χ2n) is 5.55. The zero-order chi connectivity index (χ0) is 11.2. The Hall–Kier alpha value is -0.0800. The van der Waals surface area contributed by atoms with E-state index in [0.29, 0.717) is 0 Å². The zero-order valence-corrected chi connectivity index (χ0v) is 10.7. The zero-order valence-electron chi connectivity index (χ0n) is 10.7. The van der Waals surface area contributed by atoms with Crippen LogP contribution in [-0.4, -0.2) is 25.8 Å². The molecule has 0 amide bonds. The molecule has 1 heterocycles. The van der Waals surface area contributed by atoms with E-state index >= 15 is 0 Å². The highest BCUT2D eigenvalue weighted by molar-refractivity contribution is 4.82. The van der Waals surface area contributed by atoms with E-state index in [1.54, 1.807) is 0 Å². The largest absolute Gasteiger partial charge is 0.381 e. The summed E-state index contributed by atoms with van der Waals surface area (Å²) < 4.78 is 5.63. The molecule has 0 aromatic rings. The highest BCUT2D eigenvalue weighted by Crippen LogP contribution is 2.34. The molecule has 16 heavy (non-hydrogen) atoms. The Balaban J connectivity index is 1.76.